The van der Waals surface area contributed by atoms with Crippen LogP contribution in [0.3, 0.4) is 0 Å². The summed E-state index contributed by atoms with van der Waals surface area (Å²) in [7, 11) is 0. The molecule has 0 atom stereocenters. The highest BCUT2D eigenvalue weighted by molar-refractivity contribution is 9.09. The average Bonchev–Trinajstić information content (AvgIpc) is 3.28. The predicted molar refractivity (Wildman–Crippen MR) is 145 cm³/mol. The smallest absolute Gasteiger partial charge is 0.335 e. The number of hydrogen-bond donors (Lipinski definition) is 1. The molecular weight excluding hydrogens is 616 g/mol. The maximum absolute atomic E-state index is 11.6. The van der Waals surface area contributed by atoms with E-state index in [1.165, 1.54) is 0 Å². The summed E-state index contributed by atoms with van der Waals surface area (Å²) < 4.78 is 43.0. The van der Waals surface area contributed by atoms with Crippen molar-refractivity contribution in [3.05, 3.63) is 0 Å². The molecule has 3 amide bonds. The van der Waals surface area contributed by atoms with Crippen molar-refractivity contribution in [2.75, 3.05) is 118 Å². The van der Waals surface area contributed by atoms with Crippen molar-refractivity contribution < 1.29 is 61.9 Å². The number of halogens is 1. The van der Waals surface area contributed by atoms with E-state index in [0.717, 1.165) is 0 Å². The lowest BCUT2D eigenvalue weighted by Gasteiger charge is -2.12. The molecule has 15 nitrogen and oxygen atoms in total. The summed E-state index contributed by atoms with van der Waals surface area (Å²) in [6.07, 6.45) is 0.0440. The van der Waals surface area contributed by atoms with Crippen LogP contribution in [0, 0.1) is 0 Å². The summed E-state index contributed by atoms with van der Waals surface area (Å²) in [5, 5.41) is 3.49. The zero-order valence-corrected chi connectivity index (χ0v) is 25.1. The van der Waals surface area contributed by atoms with Crippen LogP contribution in [-0.4, -0.2) is 146 Å². The van der Waals surface area contributed by atoms with Crippen LogP contribution in [0.2, 0.25) is 0 Å². The molecule has 41 heavy (non-hydrogen) atoms. The third-order valence-corrected chi connectivity index (χ3v) is 5.45. The number of alkyl halides is 1. The van der Waals surface area contributed by atoms with Crippen molar-refractivity contribution in [1.29, 1.82) is 0 Å². The Bertz CT molecular complexity index is 701. The number of nitrogens with one attached hydrogen (secondary N) is 1. The van der Waals surface area contributed by atoms with E-state index >= 15 is 0 Å². The molecule has 0 unspecified atom stereocenters. The van der Waals surface area contributed by atoms with Gasteiger partial charge in [-0.1, -0.05) is 15.9 Å². The molecule has 238 valence electrons. The third kappa shape index (κ3) is 22.5. The summed E-state index contributed by atoms with van der Waals surface area (Å²) in [5.74, 6) is -1.79. The van der Waals surface area contributed by atoms with Crippen LogP contribution >= 0.6 is 15.9 Å². The summed E-state index contributed by atoms with van der Waals surface area (Å²) in [5.41, 5.74) is 0. The van der Waals surface area contributed by atoms with Gasteiger partial charge in [0.25, 0.3) is 11.8 Å². The quantitative estimate of drug-likeness (QED) is 0.0629. The lowest BCUT2D eigenvalue weighted by Crippen LogP contribution is -2.32. The van der Waals surface area contributed by atoms with Crippen molar-refractivity contribution in [3.8, 4) is 0 Å². The van der Waals surface area contributed by atoms with Crippen LogP contribution in [0.15, 0.2) is 0 Å². The second kappa shape index (κ2) is 27.1. The maximum Gasteiger partial charge on any atom is 0.335 e. The Morgan fingerprint density at radius 1 is 0.585 bits per heavy atom. The Morgan fingerprint density at radius 3 is 1.29 bits per heavy atom. The van der Waals surface area contributed by atoms with Crippen LogP contribution in [0.4, 0.5) is 0 Å². The maximum atomic E-state index is 11.6. The van der Waals surface area contributed by atoms with Gasteiger partial charge in [-0.3, -0.25) is 14.4 Å². The number of imide groups is 1. The van der Waals surface area contributed by atoms with E-state index in [2.05, 4.69) is 21.2 Å². The zero-order valence-electron chi connectivity index (χ0n) is 23.5. The van der Waals surface area contributed by atoms with Gasteiger partial charge in [-0.25, -0.2) is 4.79 Å². The Morgan fingerprint density at radius 2 is 0.927 bits per heavy atom. The normalized spacial score (nSPS) is 13.2. The lowest BCUT2D eigenvalue weighted by atomic mass is 10.4. The van der Waals surface area contributed by atoms with E-state index in [0.29, 0.717) is 104 Å². The molecule has 16 heteroatoms. The lowest BCUT2D eigenvalue weighted by molar-refractivity contribution is -0.198. The van der Waals surface area contributed by atoms with Gasteiger partial charge in [0.1, 0.15) is 0 Å². The van der Waals surface area contributed by atoms with E-state index < -0.39 is 17.8 Å². The van der Waals surface area contributed by atoms with Gasteiger partial charge in [-0.2, -0.15) is 0 Å². The SMILES string of the molecule is O=C(CBr)NCCOCCOCCOCCOCCOCCOCCOCCOCCC(=O)ON1C(=O)CCC1=O. The van der Waals surface area contributed by atoms with E-state index in [-0.39, 0.29) is 43.7 Å². The van der Waals surface area contributed by atoms with Crippen LogP contribution in [0.1, 0.15) is 19.3 Å². The van der Waals surface area contributed by atoms with Crippen molar-refractivity contribution in [2.45, 2.75) is 19.3 Å². The second-order valence-electron chi connectivity index (χ2n) is 8.18. The van der Waals surface area contributed by atoms with Gasteiger partial charge in [0, 0.05) is 19.4 Å². The molecule has 0 saturated carbocycles. The van der Waals surface area contributed by atoms with E-state index in [4.69, 9.17) is 42.7 Å². The summed E-state index contributed by atoms with van der Waals surface area (Å²) >= 11 is 3.07. The minimum atomic E-state index is -0.700. The third-order valence-electron chi connectivity index (χ3n) is 4.94. The van der Waals surface area contributed by atoms with Crippen LogP contribution < -0.4 is 5.32 Å². The summed E-state index contributed by atoms with van der Waals surface area (Å²) in [6, 6.07) is 0. The van der Waals surface area contributed by atoms with Gasteiger partial charge in [0.05, 0.1) is 117 Å². The fourth-order valence-electron chi connectivity index (χ4n) is 2.91. The molecule has 1 aliphatic rings. The van der Waals surface area contributed by atoms with Crippen LogP contribution in [0.25, 0.3) is 0 Å². The van der Waals surface area contributed by atoms with Gasteiger partial charge < -0.3 is 48.0 Å². The first-order valence-electron chi connectivity index (χ1n) is 13.6. The van der Waals surface area contributed by atoms with Crippen LogP contribution in [-0.2, 0) is 61.9 Å². The zero-order chi connectivity index (χ0) is 29.8. The van der Waals surface area contributed by atoms with E-state index in [1.807, 2.05) is 0 Å². The number of carbonyl (C=O) groups excluding carboxylic acids is 4. The molecule has 1 aliphatic heterocycles. The number of hydroxylamine groups is 2. The molecule has 0 spiro atoms. The Labute approximate surface area is 248 Å². The highest BCUT2D eigenvalue weighted by Gasteiger charge is 2.32. The Balaban J connectivity index is 1.68. The Hall–Kier alpha value is -1.76. The molecule has 0 aromatic rings. The second-order valence-corrected chi connectivity index (χ2v) is 8.74. The first kappa shape index (κ1) is 37.3. The first-order chi connectivity index (χ1) is 20.0. The standard InChI is InChI=1S/C25H43BrN2O13/c26-21-22(29)27-4-6-34-8-10-36-12-14-38-16-18-40-20-19-39-17-15-37-13-11-35-9-7-33-5-3-25(32)41-28-23(30)1-2-24(28)31/h1-21H2,(H,27,29). The molecular formula is C25H43BrN2O13. The molecule has 0 aromatic carbocycles. The average molecular weight is 660 g/mol. The van der Waals surface area contributed by atoms with Crippen molar-refractivity contribution >= 4 is 39.6 Å². The number of ether oxygens (including phenoxy) is 8. The number of amides is 3. The fraction of sp³-hybridized carbons (Fsp3) is 0.840. The monoisotopic (exact) mass is 658 g/mol. The number of nitrogens with zero attached hydrogens (tertiary/aromatic N) is 1. The van der Waals surface area contributed by atoms with Crippen molar-refractivity contribution in [2.24, 2.45) is 0 Å². The van der Waals surface area contributed by atoms with Crippen LogP contribution in [0.5, 0.6) is 0 Å². The summed E-state index contributed by atoms with van der Waals surface area (Å²) in [6.45, 7) is 7.05. The topological polar surface area (TPSA) is 167 Å². The molecule has 1 fully saturated rings. The highest BCUT2D eigenvalue weighted by atomic mass is 79.9. The predicted octanol–water partition coefficient (Wildman–Crippen LogP) is -0.372. The highest BCUT2D eigenvalue weighted by Crippen LogP contribution is 2.12. The van der Waals surface area contributed by atoms with Gasteiger partial charge in [-0.05, 0) is 0 Å². The minimum absolute atomic E-state index is 0.0590. The van der Waals surface area contributed by atoms with Gasteiger partial charge in [-0.15, -0.1) is 5.06 Å². The van der Waals surface area contributed by atoms with E-state index in [9.17, 15) is 19.2 Å². The molecule has 1 rings (SSSR count). The van der Waals surface area contributed by atoms with Crippen molar-refractivity contribution in [3.63, 3.8) is 0 Å². The number of carbonyl (C=O) groups is 4. The fourth-order valence-corrected chi connectivity index (χ4v) is 3.11. The summed E-state index contributed by atoms with van der Waals surface area (Å²) in [4.78, 5) is 50.1. The molecule has 0 radical (unpaired) electrons. The number of rotatable bonds is 29. The molecule has 1 heterocycles. The molecule has 1 saturated heterocycles. The first-order valence-corrected chi connectivity index (χ1v) is 14.7. The largest absolute Gasteiger partial charge is 0.378 e. The van der Waals surface area contributed by atoms with Gasteiger partial charge >= 0.3 is 5.97 Å². The molecule has 0 aromatic heterocycles. The van der Waals surface area contributed by atoms with Crippen molar-refractivity contribution in [1.82, 2.24) is 10.4 Å². The van der Waals surface area contributed by atoms with Gasteiger partial charge in [0.15, 0.2) is 0 Å². The Kier molecular flexibility index (Phi) is 24.6. The molecule has 0 aliphatic carbocycles. The minimum Gasteiger partial charge on any atom is -0.378 e. The van der Waals surface area contributed by atoms with Gasteiger partial charge in [0.2, 0.25) is 5.91 Å². The molecule has 1 N–H and O–H groups in total. The van der Waals surface area contributed by atoms with E-state index in [1.54, 1.807) is 0 Å². The number of hydrogen-bond acceptors (Lipinski definition) is 13. The molecule has 0 bridgehead atoms.